The molecule has 0 fully saturated rings. The van der Waals surface area contributed by atoms with Crippen LogP contribution in [-0.4, -0.2) is 0 Å². The smallest absolute Gasteiger partial charge is 0.00752 e. The van der Waals surface area contributed by atoms with Gasteiger partial charge in [0.1, 0.15) is 0 Å². The standard InChI is InChI=1S/C20H24/c1-5-18-11-7-16(3)9-13-20(18)14-19-12-8-15(2)6-10-17(19)4/h5-16H,1-4H3/b18-5-,20-14-. The van der Waals surface area contributed by atoms with Crippen molar-refractivity contribution >= 4 is 0 Å². The molecule has 0 saturated heterocycles. The van der Waals surface area contributed by atoms with Crippen molar-refractivity contribution in [2.45, 2.75) is 27.7 Å². The van der Waals surface area contributed by atoms with Gasteiger partial charge >= 0.3 is 0 Å². The lowest BCUT2D eigenvalue weighted by Gasteiger charge is -2.05. The highest BCUT2D eigenvalue weighted by Gasteiger charge is 2.06. The molecule has 0 amide bonds. The molecule has 0 N–H and O–H groups in total. The Kier molecular flexibility index (Phi) is 4.79. The molecule has 2 atom stereocenters. The van der Waals surface area contributed by atoms with Gasteiger partial charge in [-0.05, 0) is 54.1 Å². The summed E-state index contributed by atoms with van der Waals surface area (Å²) in [6.45, 7) is 8.70. The average molecular weight is 264 g/mol. The quantitative estimate of drug-likeness (QED) is 0.570. The van der Waals surface area contributed by atoms with Gasteiger partial charge in [-0.15, -0.1) is 0 Å². The molecule has 0 nitrogen and oxygen atoms in total. The summed E-state index contributed by atoms with van der Waals surface area (Å²) in [6, 6.07) is 0. The van der Waals surface area contributed by atoms with Gasteiger partial charge in [-0.1, -0.05) is 68.5 Å². The summed E-state index contributed by atoms with van der Waals surface area (Å²) in [5.41, 5.74) is 5.20. The molecule has 0 aliphatic heterocycles. The lowest BCUT2D eigenvalue weighted by atomic mass is 10.0. The van der Waals surface area contributed by atoms with Gasteiger partial charge in [0.15, 0.2) is 0 Å². The summed E-state index contributed by atoms with van der Waals surface area (Å²) < 4.78 is 0. The van der Waals surface area contributed by atoms with Crippen LogP contribution in [0.2, 0.25) is 0 Å². The van der Waals surface area contributed by atoms with Crippen LogP contribution in [0.3, 0.4) is 0 Å². The normalized spacial score (nSPS) is 30.2. The molecule has 0 aromatic heterocycles. The molecule has 20 heavy (non-hydrogen) atoms. The Hall–Kier alpha value is -1.82. The molecule has 104 valence electrons. The van der Waals surface area contributed by atoms with Crippen LogP contribution in [0, 0.1) is 11.8 Å². The van der Waals surface area contributed by atoms with Crippen LogP contribution in [0.1, 0.15) is 27.7 Å². The summed E-state index contributed by atoms with van der Waals surface area (Å²) in [6.07, 6.45) is 22.4. The molecule has 0 heteroatoms. The van der Waals surface area contributed by atoms with E-state index in [0.717, 1.165) is 0 Å². The van der Waals surface area contributed by atoms with E-state index in [2.05, 4.69) is 88.5 Å². The predicted octanol–water partition coefficient (Wildman–Crippen LogP) is 5.70. The van der Waals surface area contributed by atoms with E-state index < -0.39 is 0 Å². The van der Waals surface area contributed by atoms with Gasteiger partial charge in [0.2, 0.25) is 0 Å². The predicted molar refractivity (Wildman–Crippen MR) is 89.4 cm³/mol. The number of rotatable bonds is 1. The maximum atomic E-state index is 2.29. The van der Waals surface area contributed by atoms with Crippen molar-refractivity contribution in [1.82, 2.24) is 0 Å². The van der Waals surface area contributed by atoms with E-state index in [1.54, 1.807) is 0 Å². The van der Waals surface area contributed by atoms with Crippen LogP contribution in [0.4, 0.5) is 0 Å². The molecule has 0 heterocycles. The van der Waals surface area contributed by atoms with Crippen LogP contribution >= 0.6 is 0 Å². The minimum atomic E-state index is 0.496. The molecule has 2 aliphatic rings. The minimum Gasteiger partial charge on any atom is -0.0798 e. The molecule has 0 aromatic rings. The summed E-state index contributed by atoms with van der Waals surface area (Å²) in [5, 5.41) is 0. The van der Waals surface area contributed by atoms with Gasteiger partial charge in [-0.25, -0.2) is 0 Å². The van der Waals surface area contributed by atoms with Crippen molar-refractivity contribution in [2.24, 2.45) is 11.8 Å². The topological polar surface area (TPSA) is 0 Å². The lowest BCUT2D eigenvalue weighted by Crippen LogP contribution is -1.86. The van der Waals surface area contributed by atoms with Crippen molar-refractivity contribution in [3.63, 3.8) is 0 Å². The summed E-state index contributed by atoms with van der Waals surface area (Å²) in [7, 11) is 0. The van der Waals surface area contributed by atoms with Crippen molar-refractivity contribution in [3.05, 3.63) is 83.1 Å². The Morgan fingerprint density at radius 1 is 0.800 bits per heavy atom. The molecule has 0 bridgehead atoms. The zero-order chi connectivity index (χ0) is 14.5. The molecule has 0 aromatic carbocycles. The highest BCUT2D eigenvalue weighted by molar-refractivity contribution is 5.55. The molecular weight excluding hydrogens is 240 g/mol. The van der Waals surface area contributed by atoms with Gasteiger partial charge in [-0.2, -0.15) is 0 Å². The van der Waals surface area contributed by atoms with Gasteiger partial charge < -0.3 is 0 Å². The first kappa shape index (κ1) is 14.6. The number of allylic oxidation sites excluding steroid dienone is 14. The highest BCUT2D eigenvalue weighted by Crippen LogP contribution is 2.24. The minimum absolute atomic E-state index is 0.496. The van der Waals surface area contributed by atoms with Gasteiger partial charge in [-0.3, -0.25) is 0 Å². The fourth-order valence-electron chi connectivity index (χ4n) is 2.33. The number of hydrogen-bond acceptors (Lipinski definition) is 0. The Morgan fingerprint density at radius 3 is 2.00 bits per heavy atom. The molecule has 0 saturated carbocycles. The zero-order valence-electron chi connectivity index (χ0n) is 12.9. The Morgan fingerprint density at radius 2 is 1.35 bits per heavy atom. The van der Waals surface area contributed by atoms with Gasteiger partial charge in [0.05, 0.1) is 0 Å². The fourth-order valence-corrected chi connectivity index (χ4v) is 2.33. The van der Waals surface area contributed by atoms with E-state index in [-0.39, 0.29) is 0 Å². The van der Waals surface area contributed by atoms with Crippen molar-refractivity contribution in [1.29, 1.82) is 0 Å². The Labute approximate surface area is 123 Å². The van der Waals surface area contributed by atoms with Gasteiger partial charge in [0.25, 0.3) is 0 Å². The molecule has 2 aliphatic carbocycles. The van der Waals surface area contributed by atoms with E-state index in [1.165, 1.54) is 22.3 Å². The molecule has 2 rings (SSSR count). The SMILES string of the molecule is C/C=C1/C=CC(C)C=C/C1=C/C1=C(C)C=CC(C)C=C1. The summed E-state index contributed by atoms with van der Waals surface area (Å²) >= 11 is 0. The molecular formula is C20H24. The van der Waals surface area contributed by atoms with E-state index >= 15 is 0 Å². The summed E-state index contributed by atoms with van der Waals surface area (Å²) in [4.78, 5) is 0. The van der Waals surface area contributed by atoms with Gasteiger partial charge in [0, 0.05) is 0 Å². The molecule has 2 unspecified atom stereocenters. The first-order valence-electron chi connectivity index (χ1n) is 7.42. The van der Waals surface area contributed by atoms with E-state index in [0.29, 0.717) is 11.8 Å². The van der Waals surface area contributed by atoms with Crippen molar-refractivity contribution in [3.8, 4) is 0 Å². The second-order valence-electron chi connectivity index (χ2n) is 5.64. The lowest BCUT2D eigenvalue weighted by molar-refractivity contribution is 0.941. The highest BCUT2D eigenvalue weighted by atomic mass is 14.1. The molecule has 0 spiro atoms. The fraction of sp³-hybridized carbons (Fsp3) is 0.300. The van der Waals surface area contributed by atoms with Crippen LogP contribution in [0.5, 0.6) is 0 Å². The van der Waals surface area contributed by atoms with Crippen LogP contribution in [0.15, 0.2) is 83.1 Å². The summed E-state index contributed by atoms with van der Waals surface area (Å²) in [5.74, 6) is 1.00. The monoisotopic (exact) mass is 264 g/mol. The van der Waals surface area contributed by atoms with E-state index in [1.807, 2.05) is 0 Å². The third-order valence-corrected chi connectivity index (χ3v) is 3.80. The van der Waals surface area contributed by atoms with E-state index in [4.69, 9.17) is 0 Å². The van der Waals surface area contributed by atoms with Crippen molar-refractivity contribution < 1.29 is 0 Å². The Bertz CT molecular complexity index is 571. The maximum absolute atomic E-state index is 2.29. The second kappa shape index (κ2) is 6.56. The Balaban J connectivity index is 2.43. The van der Waals surface area contributed by atoms with E-state index in [9.17, 15) is 0 Å². The van der Waals surface area contributed by atoms with Crippen LogP contribution < -0.4 is 0 Å². The third kappa shape index (κ3) is 3.60. The van der Waals surface area contributed by atoms with Crippen LogP contribution in [-0.2, 0) is 0 Å². The maximum Gasteiger partial charge on any atom is -0.00752 e. The third-order valence-electron chi connectivity index (χ3n) is 3.80. The number of hydrogen-bond donors (Lipinski definition) is 0. The second-order valence-corrected chi connectivity index (χ2v) is 5.64. The first-order chi connectivity index (χ1) is 9.60. The zero-order valence-corrected chi connectivity index (χ0v) is 12.9. The first-order valence-corrected chi connectivity index (χ1v) is 7.42. The largest absolute Gasteiger partial charge is 0.0798 e. The van der Waals surface area contributed by atoms with Crippen molar-refractivity contribution in [2.75, 3.05) is 0 Å². The molecule has 0 radical (unpaired) electrons. The van der Waals surface area contributed by atoms with Crippen LogP contribution in [0.25, 0.3) is 0 Å². The average Bonchev–Trinajstić information content (AvgIpc) is 2.71.